The van der Waals surface area contributed by atoms with Crippen molar-refractivity contribution >= 4 is 34.4 Å². The van der Waals surface area contributed by atoms with Crippen LogP contribution in [-0.4, -0.2) is 37.4 Å². The SMILES string of the molecule is CNc1ncc2cc(-c3cc(NC(=O)Nc4cn(C(C)C)nc4-c4ccc(F)cc4)c(F)cc3C)c(=O)n(C(C)C)c2n1. The Labute approximate surface area is 246 Å². The van der Waals surface area contributed by atoms with Gasteiger partial charge in [-0.1, -0.05) is 0 Å². The lowest BCUT2D eigenvalue weighted by Crippen LogP contribution is -2.25. The number of halogens is 2. The fourth-order valence-corrected chi connectivity index (χ4v) is 4.82. The fourth-order valence-electron chi connectivity index (χ4n) is 4.82. The monoisotopic (exact) mass is 586 g/mol. The van der Waals surface area contributed by atoms with Gasteiger partial charge in [-0.05, 0) is 88.2 Å². The van der Waals surface area contributed by atoms with Gasteiger partial charge in [0, 0.05) is 48.0 Å². The summed E-state index contributed by atoms with van der Waals surface area (Å²) in [6, 6.07) is 9.19. The first kappa shape index (κ1) is 29.4. The lowest BCUT2D eigenvalue weighted by molar-refractivity contribution is 0.262. The number of anilines is 3. The number of rotatable bonds is 7. The van der Waals surface area contributed by atoms with Crippen LogP contribution >= 0.6 is 0 Å². The molecule has 0 saturated heterocycles. The number of fused-ring (bicyclic) bond motifs is 1. The van der Waals surface area contributed by atoms with Crippen molar-refractivity contribution in [3.63, 3.8) is 0 Å². The molecule has 222 valence electrons. The minimum absolute atomic E-state index is 0.0121. The van der Waals surface area contributed by atoms with Crippen molar-refractivity contribution < 1.29 is 13.6 Å². The van der Waals surface area contributed by atoms with Gasteiger partial charge in [0.1, 0.15) is 23.0 Å². The third-order valence-corrected chi connectivity index (χ3v) is 6.99. The van der Waals surface area contributed by atoms with Crippen LogP contribution in [0.1, 0.15) is 45.3 Å². The molecule has 2 aromatic carbocycles. The highest BCUT2D eigenvalue weighted by Crippen LogP contribution is 2.31. The van der Waals surface area contributed by atoms with E-state index in [-0.39, 0.29) is 23.3 Å². The van der Waals surface area contributed by atoms with Crippen LogP contribution in [0.25, 0.3) is 33.4 Å². The summed E-state index contributed by atoms with van der Waals surface area (Å²) in [5, 5.41) is 13.4. The van der Waals surface area contributed by atoms with Gasteiger partial charge >= 0.3 is 6.03 Å². The molecule has 2 amide bonds. The molecular weight excluding hydrogens is 554 g/mol. The Morgan fingerprint density at radius 3 is 2.28 bits per heavy atom. The van der Waals surface area contributed by atoms with E-state index >= 15 is 4.39 Å². The van der Waals surface area contributed by atoms with Crippen molar-refractivity contribution in [2.24, 2.45) is 0 Å². The normalized spacial score (nSPS) is 11.4. The maximum Gasteiger partial charge on any atom is 0.323 e. The molecule has 5 aromatic rings. The van der Waals surface area contributed by atoms with Crippen molar-refractivity contribution in [2.45, 2.75) is 46.7 Å². The molecule has 0 unspecified atom stereocenters. The Hall–Kier alpha value is -5.13. The molecule has 0 aliphatic heterocycles. The first-order valence-corrected chi connectivity index (χ1v) is 13.8. The van der Waals surface area contributed by atoms with Crippen molar-refractivity contribution in [2.75, 3.05) is 23.0 Å². The number of aryl methyl sites for hydroxylation is 1. The molecule has 0 spiro atoms. The predicted molar refractivity (Wildman–Crippen MR) is 165 cm³/mol. The van der Waals surface area contributed by atoms with E-state index in [1.165, 1.54) is 24.3 Å². The highest BCUT2D eigenvalue weighted by molar-refractivity contribution is 6.02. The quantitative estimate of drug-likeness (QED) is 0.194. The van der Waals surface area contributed by atoms with Crippen LogP contribution in [0.3, 0.4) is 0 Å². The van der Waals surface area contributed by atoms with Crippen LogP contribution in [0.15, 0.2) is 59.7 Å². The van der Waals surface area contributed by atoms with E-state index in [0.29, 0.717) is 50.6 Å². The second-order valence-corrected chi connectivity index (χ2v) is 10.7. The molecule has 10 nitrogen and oxygen atoms in total. The van der Waals surface area contributed by atoms with Gasteiger partial charge in [0.15, 0.2) is 0 Å². The molecule has 3 aromatic heterocycles. The maximum atomic E-state index is 15.2. The Kier molecular flexibility index (Phi) is 7.94. The molecule has 0 bridgehead atoms. The number of nitrogens with zero attached hydrogens (tertiary/aromatic N) is 5. The van der Waals surface area contributed by atoms with Gasteiger partial charge in [-0.15, -0.1) is 0 Å². The van der Waals surface area contributed by atoms with Crippen LogP contribution in [0, 0.1) is 18.6 Å². The Morgan fingerprint density at radius 2 is 1.63 bits per heavy atom. The summed E-state index contributed by atoms with van der Waals surface area (Å²) in [4.78, 5) is 35.7. The van der Waals surface area contributed by atoms with Crippen LogP contribution in [0.5, 0.6) is 0 Å². The minimum Gasteiger partial charge on any atom is -0.357 e. The lowest BCUT2D eigenvalue weighted by atomic mass is 9.99. The molecule has 0 fully saturated rings. The average Bonchev–Trinajstić information content (AvgIpc) is 3.38. The number of hydrogen-bond donors (Lipinski definition) is 3. The molecular formula is C31H32F2N8O2. The van der Waals surface area contributed by atoms with E-state index in [4.69, 9.17) is 0 Å². The van der Waals surface area contributed by atoms with E-state index in [1.54, 1.807) is 53.8 Å². The van der Waals surface area contributed by atoms with E-state index in [1.807, 2.05) is 27.7 Å². The van der Waals surface area contributed by atoms with Crippen molar-refractivity contribution in [1.82, 2.24) is 24.3 Å². The number of carbonyl (C=O) groups is 1. The highest BCUT2D eigenvalue weighted by atomic mass is 19.1. The van der Waals surface area contributed by atoms with E-state index in [0.717, 1.165) is 0 Å². The first-order chi connectivity index (χ1) is 20.5. The molecule has 0 atom stereocenters. The summed E-state index contributed by atoms with van der Waals surface area (Å²) >= 11 is 0. The summed E-state index contributed by atoms with van der Waals surface area (Å²) in [5.74, 6) is -0.683. The summed E-state index contributed by atoms with van der Waals surface area (Å²) in [6.45, 7) is 9.31. The maximum absolute atomic E-state index is 15.2. The summed E-state index contributed by atoms with van der Waals surface area (Å²) in [6.07, 6.45) is 3.28. The zero-order chi connectivity index (χ0) is 31.0. The molecule has 0 radical (unpaired) electrons. The number of pyridine rings is 1. The Morgan fingerprint density at radius 1 is 0.930 bits per heavy atom. The zero-order valence-electron chi connectivity index (χ0n) is 24.7. The molecule has 3 heterocycles. The summed E-state index contributed by atoms with van der Waals surface area (Å²) in [7, 11) is 1.69. The van der Waals surface area contributed by atoms with E-state index in [9.17, 15) is 14.0 Å². The number of benzene rings is 2. The fraction of sp³-hybridized carbons (Fsp3) is 0.258. The van der Waals surface area contributed by atoms with Gasteiger partial charge in [0.2, 0.25) is 5.95 Å². The minimum atomic E-state index is -0.716. The van der Waals surface area contributed by atoms with Crippen molar-refractivity contribution in [3.05, 3.63) is 82.4 Å². The lowest BCUT2D eigenvalue weighted by Gasteiger charge is -2.17. The standard InChI is InChI=1S/C31H32F2N8O2/c1-16(2)40-15-26(27(39-40)19-7-9-21(32)10-8-19)37-31(43)36-25-13-22(18(5)11-24(25)33)23-12-20-14-35-30(34-6)38-28(20)41(17(3)4)29(23)42/h7-17H,1-6H3,(H,34,35,38)(H2,36,37,43). The molecule has 12 heteroatoms. The molecule has 0 saturated carbocycles. The van der Waals surface area contributed by atoms with Gasteiger partial charge in [-0.2, -0.15) is 10.1 Å². The summed E-state index contributed by atoms with van der Waals surface area (Å²) in [5.41, 5.74) is 2.73. The predicted octanol–water partition coefficient (Wildman–Crippen LogP) is 6.76. The van der Waals surface area contributed by atoms with Crippen LogP contribution in [-0.2, 0) is 0 Å². The largest absolute Gasteiger partial charge is 0.357 e. The number of hydrogen-bond acceptors (Lipinski definition) is 6. The Bertz CT molecular complexity index is 1900. The van der Waals surface area contributed by atoms with Gasteiger partial charge in [0.05, 0.1) is 11.4 Å². The second kappa shape index (κ2) is 11.6. The number of aromatic nitrogens is 5. The van der Waals surface area contributed by atoms with Gasteiger partial charge in [0.25, 0.3) is 5.56 Å². The van der Waals surface area contributed by atoms with Crippen LogP contribution in [0.4, 0.5) is 30.9 Å². The highest BCUT2D eigenvalue weighted by Gasteiger charge is 2.20. The number of nitrogens with one attached hydrogen (secondary N) is 3. The average molecular weight is 587 g/mol. The second-order valence-electron chi connectivity index (χ2n) is 10.7. The van der Waals surface area contributed by atoms with Crippen molar-refractivity contribution in [1.29, 1.82) is 0 Å². The smallest absolute Gasteiger partial charge is 0.323 e. The number of amides is 2. The van der Waals surface area contributed by atoms with E-state index in [2.05, 4.69) is 31.0 Å². The topological polar surface area (TPSA) is 119 Å². The zero-order valence-corrected chi connectivity index (χ0v) is 24.7. The number of carbonyl (C=O) groups excluding carboxylic acids is 1. The van der Waals surface area contributed by atoms with Crippen LogP contribution in [0.2, 0.25) is 0 Å². The molecule has 5 rings (SSSR count). The Balaban J connectivity index is 1.52. The summed E-state index contributed by atoms with van der Waals surface area (Å²) < 4.78 is 31.9. The molecule has 0 aliphatic carbocycles. The third-order valence-electron chi connectivity index (χ3n) is 6.99. The molecule has 3 N–H and O–H groups in total. The van der Waals surface area contributed by atoms with Crippen LogP contribution < -0.4 is 21.5 Å². The molecule has 0 aliphatic rings. The van der Waals surface area contributed by atoms with Gasteiger partial charge in [-0.3, -0.25) is 14.0 Å². The third kappa shape index (κ3) is 5.81. The first-order valence-electron chi connectivity index (χ1n) is 13.8. The molecule has 43 heavy (non-hydrogen) atoms. The van der Waals surface area contributed by atoms with Gasteiger partial charge < -0.3 is 16.0 Å². The number of urea groups is 1. The van der Waals surface area contributed by atoms with E-state index < -0.39 is 17.7 Å². The van der Waals surface area contributed by atoms with Gasteiger partial charge in [-0.25, -0.2) is 18.6 Å². The van der Waals surface area contributed by atoms with Crippen molar-refractivity contribution in [3.8, 4) is 22.4 Å².